The van der Waals surface area contributed by atoms with E-state index in [4.69, 9.17) is 17.0 Å². The molecular weight excluding hydrogens is 250 g/mol. The maximum absolute atomic E-state index is 5.31. The molecule has 0 saturated heterocycles. The molecule has 1 heterocycles. The molecule has 1 aromatic carbocycles. The molecule has 1 aromatic rings. The van der Waals surface area contributed by atoms with Crippen molar-refractivity contribution in [1.29, 1.82) is 0 Å². The first kappa shape index (κ1) is 8.84. The molecule has 0 saturated carbocycles. The molecule has 0 N–H and O–H groups in total. The van der Waals surface area contributed by atoms with Gasteiger partial charge in [0.05, 0.1) is 6.21 Å². The number of ether oxygens (including phenoxy) is 1. The van der Waals surface area contributed by atoms with E-state index in [9.17, 15) is 0 Å². The predicted molar refractivity (Wildman–Crippen MR) is 59.1 cm³/mol. The van der Waals surface area contributed by atoms with Crippen molar-refractivity contribution in [3.8, 4) is 0 Å². The van der Waals surface area contributed by atoms with E-state index in [2.05, 4.69) is 20.9 Å². The largest absolute Gasteiger partial charge is 0.455 e. The van der Waals surface area contributed by atoms with Crippen LogP contribution in [0.4, 0.5) is 0 Å². The molecule has 0 aliphatic carbocycles. The zero-order valence-electron chi connectivity index (χ0n) is 6.61. The average molecular weight is 256 g/mol. The maximum Gasteiger partial charge on any atom is 0.284 e. The fourth-order valence-electron chi connectivity index (χ4n) is 1.15. The van der Waals surface area contributed by atoms with E-state index in [0.717, 1.165) is 10.0 Å². The van der Waals surface area contributed by atoms with Gasteiger partial charge in [0.15, 0.2) is 6.10 Å². The molecule has 0 radical (unpaired) electrons. The van der Waals surface area contributed by atoms with Crippen LogP contribution in [0, 0.1) is 0 Å². The monoisotopic (exact) mass is 255 g/mol. The first-order valence-electron chi connectivity index (χ1n) is 3.76. The summed E-state index contributed by atoms with van der Waals surface area (Å²) in [4.78, 5) is 3.90. The minimum atomic E-state index is -0.136. The van der Waals surface area contributed by atoms with Gasteiger partial charge in [-0.05, 0) is 18.3 Å². The molecule has 4 heteroatoms. The fourth-order valence-corrected chi connectivity index (χ4v) is 1.82. The average Bonchev–Trinajstić information content (AvgIpc) is 2.53. The second-order valence-electron chi connectivity index (χ2n) is 2.60. The molecule has 66 valence electrons. The SMILES string of the molecule is S=C1N=CC(c2ccccc2Br)O1. The van der Waals surface area contributed by atoms with Crippen molar-refractivity contribution >= 4 is 39.5 Å². The zero-order chi connectivity index (χ0) is 9.26. The smallest absolute Gasteiger partial charge is 0.284 e. The Bertz CT molecular complexity index is 378. The van der Waals surface area contributed by atoms with Gasteiger partial charge < -0.3 is 4.74 Å². The molecule has 2 nitrogen and oxygen atoms in total. The molecule has 1 unspecified atom stereocenters. The van der Waals surface area contributed by atoms with Crippen molar-refractivity contribution in [1.82, 2.24) is 0 Å². The second-order valence-corrected chi connectivity index (χ2v) is 3.81. The van der Waals surface area contributed by atoms with Crippen LogP contribution in [0.2, 0.25) is 0 Å². The molecule has 0 spiro atoms. The van der Waals surface area contributed by atoms with Crippen LogP contribution < -0.4 is 0 Å². The van der Waals surface area contributed by atoms with Crippen LogP contribution in [-0.4, -0.2) is 11.4 Å². The number of aliphatic imine (C=N–C) groups is 1. The Balaban J connectivity index is 2.32. The van der Waals surface area contributed by atoms with Gasteiger partial charge in [0.25, 0.3) is 5.17 Å². The minimum absolute atomic E-state index is 0.136. The number of hydrogen-bond acceptors (Lipinski definition) is 2. The normalized spacial score (nSPS) is 20.4. The molecule has 0 bridgehead atoms. The van der Waals surface area contributed by atoms with Crippen molar-refractivity contribution in [2.24, 2.45) is 4.99 Å². The number of rotatable bonds is 1. The third-order valence-electron chi connectivity index (χ3n) is 1.75. The molecule has 1 atom stereocenters. The summed E-state index contributed by atoms with van der Waals surface area (Å²) in [5, 5.41) is 0.306. The Kier molecular flexibility index (Phi) is 2.42. The van der Waals surface area contributed by atoms with E-state index in [1.165, 1.54) is 0 Å². The van der Waals surface area contributed by atoms with E-state index in [-0.39, 0.29) is 6.10 Å². The highest BCUT2D eigenvalue weighted by Gasteiger charge is 2.19. The first-order chi connectivity index (χ1) is 6.27. The van der Waals surface area contributed by atoms with Crippen molar-refractivity contribution in [2.75, 3.05) is 0 Å². The summed E-state index contributed by atoms with van der Waals surface area (Å²) in [6.45, 7) is 0. The Hall–Kier alpha value is -0.740. The van der Waals surface area contributed by atoms with E-state index in [1.807, 2.05) is 24.3 Å². The van der Waals surface area contributed by atoms with Crippen LogP contribution in [0.25, 0.3) is 0 Å². The number of halogens is 1. The lowest BCUT2D eigenvalue weighted by molar-refractivity contribution is 0.281. The predicted octanol–water partition coefficient (Wildman–Crippen LogP) is 2.88. The van der Waals surface area contributed by atoms with Crippen molar-refractivity contribution in [3.05, 3.63) is 34.3 Å². The van der Waals surface area contributed by atoms with Crippen molar-refractivity contribution in [3.63, 3.8) is 0 Å². The van der Waals surface area contributed by atoms with Crippen LogP contribution in [0.3, 0.4) is 0 Å². The van der Waals surface area contributed by atoms with Crippen LogP contribution in [-0.2, 0) is 4.74 Å². The number of hydrogen-bond donors (Lipinski definition) is 0. The summed E-state index contributed by atoms with van der Waals surface area (Å²) < 4.78 is 6.32. The second kappa shape index (κ2) is 3.55. The van der Waals surface area contributed by atoms with E-state index < -0.39 is 0 Å². The number of benzene rings is 1. The molecular formula is C9H6BrNOS. The summed E-state index contributed by atoms with van der Waals surface area (Å²) >= 11 is 8.25. The molecule has 1 aliphatic rings. The Morgan fingerprint density at radius 3 is 2.77 bits per heavy atom. The van der Waals surface area contributed by atoms with Crippen LogP contribution in [0.1, 0.15) is 11.7 Å². The highest BCUT2D eigenvalue weighted by molar-refractivity contribution is 9.10. The third kappa shape index (κ3) is 1.78. The van der Waals surface area contributed by atoms with Gasteiger partial charge in [0, 0.05) is 10.0 Å². The van der Waals surface area contributed by atoms with Crippen molar-refractivity contribution < 1.29 is 4.74 Å². The van der Waals surface area contributed by atoms with Gasteiger partial charge in [-0.2, -0.15) is 0 Å². The van der Waals surface area contributed by atoms with Gasteiger partial charge in [-0.3, -0.25) is 0 Å². The maximum atomic E-state index is 5.31. The van der Waals surface area contributed by atoms with Gasteiger partial charge in [-0.15, -0.1) is 0 Å². The van der Waals surface area contributed by atoms with Gasteiger partial charge in [-0.25, -0.2) is 4.99 Å². The molecule has 13 heavy (non-hydrogen) atoms. The van der Waals surface area contributed by atoms with Gasteiger partial charge in [0.2, 0.25) is 0 Å². The lowest BCUT2D eigenvalue weighted by atomic mass is 10.1. The molecule has 0 amide bonds. The zero-order valence-corrected chi connectivity index (χ0v) is 9.01. The first-order valence-corrected chi connectivity index (χ1v) is 4.97. The lowest BCUT2D eigenvalue weighted by Gasteiger charge is -2.09. The summed E-state index contributed by atoms with van der Waals surface area (Å²) in [5.41, 5.74) is 1.05. The topological polar surface area (TPSA) is 21.6 Å². The van der Waals surface area contributed by atoms with Gasteiger partial charge >= 0.3 is 0 Å². The summed E-state index contributed by atoms with van der Waals surface area (Å²) in [5.74, 6) is 0. The summed E-state index contributed by atoms with van der Waals surface area (Å²) in [6, 6.07) is 7.86. The molecule has 0 fully saturated rings. The fraction of sp³-hybridized carbons (Fsp3) is 0.111. The quantitative estimate of drug-likeness (QED) is 0.720. The third-order valence-corrected chi connectivity index (χ3v) is 2.68. The highest BCUT2D eigenvalue weighted by Crippen LogP contribution is 2.27. The number of thiocarbonyl (C=S) groups is 1. The van der Waals surface area contributed by atoms with Gasteiger partial charge in [-0.1, -0.05) is 34.1 Å². The minimum Gasteiger partial charge on any atom is -0.455 e. The highest BCUT2D eigenvalue weighted by atomic mass is 79.9. The molecule has 0 aromatic heterocycles. The molecule has 1 aliphatic heterocycles. The van der Waals surface area contributed by atoms with E-state index in [1.54, 1.807) is 6.21 Å². The Morgan fingerprint density at radius 2 is 2.15 bits per heavy atom. The number of nitrogens with zero attached hydrogens (tertiary/aromatic N) is 1. The van der Waals surface area contributed by atoms with Crippen molar-refractivity contribution in [2.45, 2.75) is 6.10 Å². The Labute approximate surface area is 89.8 Å². The Morgan fingerprint density at radius 1 is 1.38 bits per heavy atom. The van der Waals surface area contributed by atoms with Crippen LogP contribution in [0.5, 0.6) is 0 Å². The van der Waals surface area contributed by atoms with Crippen LogP contribution in [0.15, 0.2) is 33.7 Å². The van der Waals surface area contributed by atoms with Crippen LogP contribution >= 0.6 is 28.1 Å². The summed E-state index contributed by atoms with van der Waals surface area (Å²) in [6.07, 6.45) is 1.57. The van der Waals surface area contributed by atoms with E-state index in [0.29, 0.717) is 5.17 Å². The van der Waals surface area contributed by atoms with Gasteiger partial charge in [0.1, 0.15) is 0 Å². The van der Waals surface area contributed by atoms with E-state index >= 15 is 0 Å². The molecule has 2 rings (SSSR count). The standard InChI is InChI=1S/C9H6BrNOS/c10-7-4-2-1-3-6(7)8-5-11-9(13)12-8/h1-5,8H. The summed E-state index contributed by atoms with van der Waals surface area (Å²) in [7, 11) is 0. The lowest BCUT2D eigenvalue weighted by Crippen LogP contribution is -2.01.